The first-order valence-electron chi connectivity index (χ1n) is 6.35. The average molecular weight is 237 g/mol. The molecule has 0 heterocycles. The van der Waals surface area contributed by atoms with E-state index in [-0.39, 0.29) is 11.6 Å². The lowest BCUT2D eigenvalue weighted by molar-refractivity contribution is 0.300. The van der Waals surface area contributed by atoms with Crippen molar-refractivity contribution < 1.29 is 9.50 Å². The molecule has 2 N–H and O–H groups in total. The van der Waals surface area contributed by atoms with Gasteiger partial charge in [0.2, 0.25) is 0 Å². The summed E-state index contributed by atoms with van der Waals surface area (Å²) in [4.78, 5) is 0. The highest BCUT2D eigenvalue weighted by atomic mass is 19.1. The minimum Gasteiger partial charge on any atom is -0.508 e. The number of benzene rings is 1. The fourth-order valence-corrected chi connectivity index (χ4v) is 2.62. The highest BCUT2D eigenvalue weighted by Gasteiger charge is 2.18. The monoisotopic (exact) mass is 237 g/mol. The van der Waals surface area contributed by atoms with Crippen molar-refractivity contribution in [2.45, 2.75) is 45.2 Å². The van der Waals surface area contributed by atoms with Crippen LogP contribution >= 0.6 is 0 Å². The lowest BCUT2D eigenvalue weighted by Crippen LogP contribution is -2.33. The van der Waals surface area contributed by atoms with Crippen LogP contribution in [-0.4, -0.2) is 11.1 Å². The van der Waals surface area contributed by atoms with Crippen LogP contribution in [0.25, 0.3) is 0 Å². The molecule has 2 nitrogen and oxygen atoms in total. The summed E-state index contributed by atoms with van der Waals surface area (Å²) < 4.78 is 13.1. The normalized spacial score (nSPS) is 24.8. The molecule has 17 heavy (non-hydrogen) atoms. The summed E-state index contributed by atoms with van der Waals surface area (Å²) in [6.45, 7) is 2.91. The summed E-state index contributed by atoms with van der Waals surface area (Å²) in [5.74, 6) is 0.403. The summed E-state index contributed by atoms with van der Waals surface area (Å²) in [5, 5.41) is 12.8. The van der Waals surface area contributed by atoms with Crippen LogP contribution in [0.4, 0.5) is 4.39 Å². The van der Waals surface area contributed by atoms with Crippen molar-refractivity contribution >= 4 is 0 Å². The molecule has 94 valence electrons. The Labute approximate surface area is 102 Å². The quantitative estimate of drug-likeness (QED) is 0.846. The molecular weight excluding hydrogens is 217 g/mol. The predicted octanol–water partition coefficient (Wildman–Crippen LogP) is 3.20. The second kappa shape index (κ2) is 5.50. The van der Waals surface area contributed by atoms with Gasteiger partial charge >= 0.3 is 0 Å². The molecule has 2 atom stereocenters. The summed E-state index contributed by atoms with van der Waals surface area (Å²) in [7, 11) is 0. The Balaban J connectivity index is 1.88. The zero-order valence-corrected chi connectivity index (χ0v) is 10.2. The molecule has 1 aromatic rings. The van der Waals surface area contributed by atoms with Gasteiger partial charge in [-0.1, -0.05) is 19.8 Å². The number of nitrogens with one attached hydrogen (secondary N) is 1. The number of halogens is 1. The molecule has 1 fully saturated rings. The number of hydrogen-bond donors (Lipinski definition) is 2. The zero-order chi connectivity index (χ0) is 12.3. The van der Waals surface area contributed by atoms with Crippen molar-refractivity contribution in [3.63, 3.8) is 0 Å². The molecule has 0 aliphatic heterocycles. The van der Waals surface area contributed by atoms with Gasteiger partial charge in [-0.3, -0.25) is 0 Å². The van der Waals surface area contributed by atoms with Crippen LogP contribution in [0.2, 0.25) is 0 Å². The van der Waals surface area contributed by atoms with Crippen LogP contribution in [0.5, 0.6) is 5.75 Å². The van der Waals surface area contributed by atoms with Crippen LogP contribution in [-0.2, 0) is 6.54 Å². The molecule has 0 spiro atoms. The van der Waals surface area contributed by atoms with E-state index in [9.17, 15) is 9.50 Å². The molecule has 1 aliphatic rings. The van der Waals surface area contributed by atoms with Crippen molar-refractivity contribution in [3.05, 3.63) is 29.6 Å². The third-order valence-corrected chi connectivity index (χ3v) is 3.47. The fourth-order valence-electron chi connectivity index (χ4n) is 2.62. The maximum absolute atomic E-state index is 13.1. The predicted molar refractivity (Wildman–Crippen MR) is 66.3 cm³/mol. The Kier molecular flexibility index (Phi) is 4.00. The van der Waals surface area contributed by atoms with Gasteiger partial charge in [-0.2, -0.15) is 0 Å². The van der Waals surface area contributed by atoms with Gasteiger partial charge in [-0.05, 0) is 36.5 Å². The third kappa shape index (κ3) is 3.70. The van der Waals surface area contributed by atoms with E-state index in [1.54, 1.807) is 6.07 Å². The largest absolute Gasteiger partial charge is 0.508 e. The molecule has 0 bridgehead atoms. The third-order valence-electron chi connectivity index (χ3n) is 3.47. The van der Waals surface area contributed by atoms with Crippen molar-refractivity contribution in [3.8, 4) is 5.75 Å². The van der Waals surface area contributed by atoms with Gasteiger partial charge in [0, 0.05) is 18.7 Å². The van der Waals surface area contributed by atoms with E-state index in [2.05, 4.69) is 12.2 Å². The van der Waals surface area contributed by atoms with E-state index < -0.39 is 0 Å². The number of hydrogen-bond acceptors (Lipinski definition) is 2. The minimum atomic E-state index is -0.376. The average Bonchev–Trinajstić information content (AvgIpc) is 2.25. The standard InChI is InChI=1S/C14H20FNO/c1-10-3-2-4-13(5-10)16-9-11-6-12(15)8-14(17)7-11/h6-8,10,13,16-17H,2-5,9H2,1H3. The van der Waals surface area contributed by atoms with E-state index in [1.807, 2.05) is 0 Å². The zero-order valence-electron chi connectivity index (χ0n) is 10.2. The Morgan fingerprint density at radius 3 is 2.88 bits per heavy atom. The lowest BCUT2D eigenvalue weighted by atomic mass is 9.87. The van der Waals surface area contributed by atoms with Crippen LogP contribution < -0.4 is 5.32 Å². The molecule has 3 heteroatoms. The van der Waals surface area contributed by atoms with Gasteiger partial charge in [0.1, 0.15) is 11.6 Å². The molecule has 1 saturated carbocycles. The van der Waals surface area contributed by atoms with Crippen molar-refractivity contribution in [2.24, 2.45) is 5.92 Å². The fraction of sp³-hybridized carbons (Fsp3) is 0.571. The smallest absolute Gasteiger partial charge is 0.127 e. The second-order valence-corrected chi connectivity index (χ2v) is 5.17. The van der Waals surface area contributed by atoms with Gasteiger partial charge in [-0.25, -0.2) is 4.39 Å². The minimum absolute atomic E-state index is 0.00110. The Morgan fingerprint density at radius 2 is 2.18 bits per heavy atom. The Morgan fingerprint density at radius 1 is 1.35 bits per heavy atom. The maximum atomic E-state index is 13.1. The lowest BCUT2D eigenvalue weighted by Gasteiger charge is -2.27. The first-order valence-corrected chi connectivity index (χ1v) is 6.35. The molecule has 2 unspecified atom stereocenters. The van der Waals surface area contributed by atoms with Crippen molar-refractivity contribution in [1.82, 2.24) is 5.32 Å². The maximum Gasteiger partial charge on any atom is 0.127 e. The first kappa shape index (κ1) is 12.4. The van der Waals surface area contributed by atoms with Crippen LogP contribution in [0.3, 0.4) is 0 Å². The topological polar surface area (TPSA) is 32.3 Å². The van der Waals surface area contributed by atoms with E-state index >= 15 is 0 Å². The summed E-state index contributed by atoms with van der Waals surface area (Å²) in [6.07, 6.45) is 4.99. The van der Waals surface area contributed by atoms with Crippen LogP contribution in [0.15, 0.2) is 18.2 Å². The van der Waals surface area contributed by atoms with Gasteiger partial charge < -0.3 is 10.4 Å². The summed E-state index contributed by atoms with van der Waals surface area (Å²) >= 11 is 0. The highest BCUT2D eigenvalue weighted by molar-refractivity contribution is 5.28. The molecule has 0 saturated heterocycles. The SMILES string of the molecule is CC1CCCC(NCc2cc(O)cc(F)c2)C1. The molecule has 2 rings (SSSR count). The summed E-state index contributed by atoms with van der Waals surface area (Å²) in [6, 6.07) is 4.75. The van der Waals surface area contributed by atoms with E-state index in [1.165, 1.54) is 31.7 Å². The van der Waals surface area contributed by atoms with Gasteiger partial charge in [0.15, 0.2) is 0 Å². The molecule has 0 radical (unpaired) electrons. The first-order chi connectivity index (χ1) is 8.13. The molecular formula is C14H20FNO. The molecule has 1 aromatic carbocycles. The number of rotatable bonds is 3. The Bertz CT molecular complexity index is 360. The van der Waals surface area contributed by atoms with E-state index in [0.29, 0.717) is 12.6 Å². The molecule has 0 amide bonds. The number of phenolic OH excluding ortho intramolecular Hbond substituents is 1. The van der Waals surface area contributed by atoms with Crippen LogP contribution in [0.1, 0.15) is 38.2 Å². The highest BCUT2D eigenvalue weighted by Crippen LogP contribution is 2.24. The molecule has 0 aromatic heterocycles. The van der Waals surface area contributed by atoms with E-state index in [4.69, 9.17) is 0 Å². The van der Waals surface area contributed by atoms with E-state index in [0.717, 1.165) is 17.5 Å². The van der Waals surface area contributed by atoms with Gasteiger partial charge in [0.25, 0.3) is 0 Å². The number of aromatic hydroxyl groups is 1. The number of phenols is 1. The molecule has 1 aliphatic carbocycles. The van der Waals surface area contributed by atoms with Crippen LogP contribution in [0, 0.1) is 11.7 Å². The van der Waals surface area contributed by atoms with Crippen molar-refractivity contribution in [1.29, 1.82) is 0 Å². The van der Waals surface area contributed by atoms with Gasteiger partial charge in [-0.15, -0.1) is 0 Å². The summed E-state index contributed by atoms with van der Waals surface area (Å²) in [5.41, 5.74) is 0.806. The van der Waals surface area contributed by atoms with Crippen molar-refractivity contribution in [2.75, 3.05) is 0 Å². The Hall–Kier alpha value is -1.09. The van der Waals surface area contributed by atoms with Gasteiger partial charge in [0.05, 0.1) is 0 Å². The second-order valence-electron chi connectivity index (χ2n) is 5.17.